The van der Waals surface area contributed by atoms with Crippen molar-refractivity contribution in [2.75, 3.05) is 11.9 Å². The van der Waals surface area contributed by atoms with Crippen LogP contribution in [0.2, 0.25) is 5.28 Å². The van der Waals surface area contributed by atoms with Gasteiger partial charge in [-0.05, 0) is 30.4 Å². The van der Waals surface area contributed by atoms with Crippen molar-refractivity contribution >= 4 is 17.4 Å². The van der Waals surface area contributed by atoms with E-state index in [1.54, 1.807) is 0 Å². The van der Waals surface area contributed by atoms with Crippen molar-refractivity contribution in [2.24, 2.45) is 5.92 Å². The van der Waals surface area contributed by atoms with Gasteiger partial charge in [-0.3, -0.25) is 0 Å². The molecule has 1 heterocycles. The summed E-state index contributed by atoms with van der Waals surface area (Å²) in [6.07, 6.45) is -2.28. The lowest BCUT2D eigenvalue weighted by Gasteiger charge is -2.09. The van der Waals surface area contributed by atoms with Crippen molar-refractivity contribution in [3.05, 3.63) is 17.0 Å². The Labute approximate surface area is 95.0 Å². The Balaban J connectivity index is 2.14. The Hall–Kier alpha value is -1.04. The summed E-state index contributed by atoms with van der Waals surface area (Å²) in [7, 11) is 0. The number of anilines is 1. The van der Waals surface area contributed by atoms with E-state index in [0.717, 1.165) is 18.9 Å². The Morgan fingerprint density at radius 2 is 2.06 bits per heavy atom. The molecule has 1 aromatic rings. The molecule has 1 N–H and O–H groups in total. The van der Waals surface area contributed by atoms with E-state index in [2.05, 4.69) is 15.3 Å². The van der Waals surface area contributed by atoms with Crippen LogP contribution in [0.15, 0.2) is 6.07 Å². The summed E-state index contributed by atoms with van der Waals surface area (Å²) in [6.45, 7) is 0.630. The van der Waals surface area contributed by atoms with Gasteiger partial charge in [0.05, 0.1) is 0 Å². The summed E-state index contributed by atoms with van der Waals surface area (Å²) < 4.78 is 37.1. The van der Waals surface area contributed by atoms with Gasteiger partial charge >= 0.3 is 6.18 Å². The quantitative estimate of drug-likeness (QED) is 0.840. The number of nitrogens with zero attached hydrogens (tertiary/aromatic N) is 2. The van der Waals surface area contributed by atoms with Gasteiger partial charge in [0.1, 0.15) is 5.82 Å². The third-order valence-electron chi connectivity index (χ3n) is 2.26. The molecule has 3 nitrogen and oxygen atoms in total. The summed E-state index contributed by atoms with van der Waals surface area (Å²) in [5.74, 6) is 0.669. The maximum atomic E-state index is 12.4. The molecule has 16 heavy (non-hydrogen) atoms. The number of rotatable bonds is 3. The normalized spacial score (nSPS) is 16.2. The van der Waals surface area contributed by atoms with Crippen molar-refractivity contribution in [1.29, 1.82) is 0 Å². The van der Waals surface area contributed by atoms with E-state index in [4.69, 9.17) is 11.6 Å². The van der Waals surface area contributed by atoms with Gasteiger partial charge in [0.25, 0.3) is 0 Å². The van der Waals surface area contributed by atoms with Crippen LogP contribution < -0.4 is 5.32 Å². The second-order valence-corrected chi connectivity index (χ2v) is 4.07. The first-order valence-corrected chi connectivity index (χ1v) is 5.18. The highest BCUT2D eigenvalue weighted by Crippen LogP contribution is 2.31. The first kappa shape index (κ1) is 11.4. The minimum absolute atomic E-state index is 0.124. The average molecular weight is 252 g/mol. The fraction of sp³-hybridized carbons (Fsp3) is 0.556. The Morgan fingerprint density at radius 3 is 2.62 bits per heavy atom. The van der Waals surface area contributed by atoms with Gasteiger partial charge < -0.3 is 5.32 Å². The van der Waals surface area contributed by atoms with Crippen molar-refractivity contribution in [1.82, 2.24) is 9.97 Å². The molecule has 0 amide bonds. The zero-order valence-electron chi connectivity index (χ0n) is 8.18. The van der Waals surface area contributed by atoms with Gasteiger partial charge in [-0.25, -0.2) is 9.97 Å². The Kier molecular flexibility index (Phi) is 2.92. The van der Waals surface area contributed by atoms with Crippen LogP contribution >= 0.6 is 11.6 Å². The summed E-state index contributed by atoms with van der Waals surface area (Å²) in [6, 6.07) is 0.869. The molecule has 0 radical (unpaired) electrons. The van der Waals surface area contributed by atoms with Gasteiger partial charge in [-0.15, -0.1) is 0 Å². The number of nitrogens with one attached hydrogen (secondary N) is 1. The first-order chi connectivity index (χ1) is 7.45. The number of aromatic nitrogens is 2. The van der Waals surface area contributed by atoms with E-state index < -0.39 is 17.2 Å². The smallest absolute Gasteiger partial charge is 0.370 e. The highest BCUT2D eigenvalue weighted by molar-refractivity contribution is 6.28. The van der Waals surface area contributed by atoms with Crippen LogP contribution in [0.4, 0.5) is 19.0 Å². The molecule has 1 saturated carbocycles. The fourth-order valence-corrected chi connectivity index (χ4v) is 1.41. The number of halogens is 4. The van der Waals surface area contributed by atoms with E-state index in [1.807, 2.05) is 0 Å². The molecule has 1 fully saturated rings. The minimum Gasteiger partial charge on any atom is -0.370 e. The van der Waals surface area contributed by atoms with Gasteiger partial charge in [0.2, 0.25) is 5.28 Å². The topological polar surface area (TPSA) is 37.8 Å². The van der Waals surface area contributed by atoms with E-state index in [0.29, 0.717) is 12.5 Å². The molecule has 88 valence electrons. The van der Waals surface area contributed by atoms with Crippen LogP contribution in [-0.4, -0.2) is 16.5 Å². The van der Waals surface area contributed by atoms with Crippen molar-refractivity contribution < 1.29 is 13.2 Å². The van der Waals surface area contributed by atoms with E-state index in [9.17, 15) is 13.2 Å². The van der Waals surface area contributed by atoms with Crippen LogP contribution in [-0.2, 0) is 6.18 Å². The number of hydrogen-bond donors (Lipinski definition) is 1. The minimum atomic E-state index is -4.50. The molecular formula is C9H9ClF3N3. The summed E-state index contributed by atoms with van der Waals surface area (Å²) in [5.41, 5.74) is -1.02. The molecule has 1 aliphatic rings. The lowest BCUT2D eigenvalue weighted by molar-refractivity contribution is -0.141. The van der Waals surface area contributed by atoms with Gasteiger partial charge in [0.15, 0.2) is 5.69 Å². The van der Waals surface area contributed by atoms with Crippen molar-refractivity contribution in [3.63, 3.8) is 0 Å². The van der Waals surface area contributed by atoms with Gasteiger partial charge in [-0.1, -0.05) is 0 Å². The Bertz CT molecular complexity index is 390. The van der Waals surface area contributed by atoms with E-state index in [-0.39, 0.29) is 5.82 Å². The molecule has 0 atom stereocenters. The maximum Gasteiger partial charge on any atom is 0.433 e. The standard InChI is InChI=1S/C9H9ClF3N3/c10-8-15-6(9(11,12)13)3-7(16-8)14-4-5-1-2-5/h3,5H,1-2,4H2,(H,14,15,16). The molecule has 0 bridgehead atoms. The van der Waals surface area contributed by atoms with Crippen LogP contribution in [0.5, 0.6) is 0 Å². The van der Waals surface area contributed by atoms with Crippen LogP contribution in [0.1, 0.15) is 18.5 Å². The molecule has 1 aliphatic carbocycles. The largest absolute Gasteiger partial charge is 0.433 e. The summed E-state index contributed by atoms with van der Waals surface area (Å²) >= 11 is 5.42. The highest BCUT2D eigenvalue weighted by atomic mass is 35.5. The number of hydrogen-bond acceptors (Lipinski definition) is 3. The predicted molar refractivity (Wildman–Crippen MR) is 53.3 cm³/mol. The van der Waals surface area contributed by atoms with Crippen LogP contribution in [0.25, 0.3) is 0 Å². The van der Waals surface area contributed by atoms with Crippen LogP contribution in [0, 0.1) is 5.92 Å². The molecule has 0 aromatic carbocycles. The first-order valence-electron chi connectivity index (χ1n) is 4.81. The van der Waals surface area contributed by atoms with Crippen molar-refractivity contribution in [3.8, 4) is 0 Å². The zero-order chi connectivity index (χ0) is 11.8. The van der Waals surface area contributed by atoms with Crippen LogP contribution in [0.3, 0.4) is 0 Å². The molecule has 1 aromatic heterocycles. The Morgan fingerprint density at radius 1 is 1.38 bits per heavy atom. The predicted octanol–water partition coefficient (Wildman–Crippen LogP) is 2.97. The fourth-order valence-electron chi connectivity index (χ4n) is 1.22. The molecule has 2 rings (SSSR count). The molecular weight excluding hydrogens is 243 g/mol. The SMILES string of the molecule is FC(F)(F)c1cc(NCC2CC2)nc(Cl)n1. The van der Waals surface area contributed by atoms with Crippen molar-refractivity contribution in [2.45, 2.75) is 19.0 Å². The summed E-state index contributed by atoms with van der Waals surface area (Å²) in [5, 5.41) is 2.43. The molecule has 0 unspecified atom stereocenters. The highest BCUT2D eigenvalue weighted by Gasteiger charge is 2.33. The second-order valence-electron chi connectivity index (χ2n) is 3.73. The average Bonchev–Trinajstić information content (AvgIpc) is 2.96. The third kappa shape index (κ3) is 2.98. The van der Waals surface area contributed by atoms with Gasteiger partial charge in [-0.2, -0.15) is 13.2 Å². The maximum absolute atomic E-state index is 12.4. The zero-order valence-corrected chi connectivity index (χ0v) is 8.94. The summed E-state index contributed by atoms with van der Waals surface area (Å²) in [4.78, 5) is 6.83. The molecule has 0 saturated heterocycles. The van der Waals surface area contributed by atoms with Gasteiger partial charge in [0, 0.05) is 12.6 Å². The second kappa shape index (κ2) is 4.08. The monoisotopic (exact) mass is 251 g/mol. The lowest BCUT2D eigenvalue weighted by Crippen LogP contribution is -2.12. The van der Waals surface area contributed by atoms with E-state index in [1.165, 1.54) is 0 Å². The molecule has 0 aliphatic heterocycles. The lowest BCUT2D eigenvalue weighted by atomic mass is 10.3. The molecule has 7 heteroatoms. The number of alkyl halides is 3. The third-order valence-corrected chi connectivity index (χ3v) is 2.43. The van der Waals surface area contributed by atoms with E-state index >= 15 is 0 Å². The molecule has 0 spiro atoms.